The zero-order valence-corrected chi connectivity index (χ0v) is 25.6. The predicted molar refractivity (Wildman–Crippen MR) is 169 cm³/mol. The molecular formula is C34H40FN7O2. The van der Waals surface area contributed by atoms with Gasteiger partial charge in [0.2, 0.25) is 0 Å². The predicted octanol–water partition coefficient (Wildman–Crippen LogP) is 4.86. The minimum atomic E-state index is -1.01. The highest BCUT2D eigenvalue weighted by Gasteiger charge is 2.42. The zero-order chi connectivity index (χ0) is 30.8. The maximum absolute atomic E-state index is 14.0. The highest BCUT2D eigenvalue weighted by molar-refractivity contribution is 5.94. The van der Waals surface area contributed by atoms with Crippen LogP contribution >= 0.6 is 0 Å². The van der Waals surface area contributed by atoms with E-state index in [1.54, 1.807) is 0 Å². The fourth-order valence-electron chi connectivity index (χ4n) is 7.03. The van der Waals surface area contributed by atoms with Crippen molar-refractivity contribution in [1.29, 1.82) is 5.26 Å². The van der Waals surface area contributed by atoms with Crippen LogP contribution in [0.1, 0.15) is 43.9 Å². The third-order valence-corrected chi connectivity index (χ3v) is 9.44. The molecule has 1 amide bonds. The molecule has 1 aromatic heterocycles. The van der Waals surface area contributed by atoms with Crippen LogP contribution in [-0.4, -0.2) is 83.6 Å². The first kappa shape index (κ1) is 29.8. The highest BCUT2D eigenvalue weighted by atomic mass is 19.1. The van der Waals surface area contributed by atoms with Gasteiger partial charge in [0, 0.05) is 48.9 Å². The number of carbonyl (C=O) groups is 1. The van der Waals surface area contributed by atoms with Crippen molar-refractivity contribution in [2.24, 2.45) is 0 Å². The number of ether oxygens (including phenoxy) is 1. The number of nitrogens with zero attached hydrogens (tertiary/aromatic N) is 7. The third kappa shape index (κ3) is 5.81. The molecule has 3 aliphatic heterocycles. The van der Waals surface area contributed by atoms with Crippen molar-refractivity contribution in [2.75, 3.05) is 56.2 Å². The van der Waals surface area contributed by atoms with E-state index >= 15 is 0 Å². The lowest BCUT2D eigenvalue weighted by Crippen LogP contribution is -2.63. The van der Waals surface area contributed by atoms with Gasteiger partial charge < -0.3 is 24.3 Å². The number of hydrogen-bond acceptors (Lipinski definition) is 8. The molecule has 6 rings (SSSR count). The van der Waals surface area contributed by atoms with E-state index in [0.717, 1.165) is 55.8 Å². The van der Waals surface area contributed by atoms with Gasteiger partial charge >= 0.3 is 6.01 Å². The number of nitriles is 1. The van der Waals surface area contributed by atoms with Crippen LogP contribution in [0, 0.1) is 11.3 Å². The van der Waals surface area contributed by atoms with Crippen molar-refractivity contribution in [1.82, 2.24) is 19.8 Å². The quantitative estimate of drug-likeness (QED) is 0.357. The van der Waals surface area contributed by atoms with Gasteiger partial charge in [0.15, 0.2) is 5.83 Å². The number of benzene rings is 2. The average molecular weight is 598 g/mol. The van der Waals surface area contributed by atoms with Gasteiger partial charge in [-0.3, -0.25) is 4.79 Å². The van der Waals surface area contributed by atoms with Crippen molar-refractivity contribution >= 4 is 28.2 Å². The van der Waals surface area contributed by atoms with E-state index < -0.39 is 17.3 Å². The number of halogens is 1. The van der Waals surface area contributed by atoms with Crippen LogP contribution in [-0.2, 0) is 17.8 Å². The highest BCUT2D eigenvalue weighted by Crippen LogP contribution is 2.36. The summed E-state index contributed by atoms with van der Waals surface area (Å²) in [5, 5.41) is 12.1. The normalized spacial score (nSPS) is 22.4. The molecule has 2 fully saturated rings. The number of carbonyl (C=O) groups excluding carboxylic acids is 1. The smallest absolute Gasteiger partial charge is 0.318 e. The second-order valence-corrected chi connectivity index (χ2v) is 12.5. The van der Waals surface area contributed by atoms with Crippen LogP contribution < -0.4 is 14.5 Å². The summed E-state index contributed by atoms with van der Waals surface area (Å²) in [5.41, 5.74) is 2.25. The molecule has 9 nitrogen and oxygen atoms in total. The van der Waals surface area contributed by atoms with E-state index in [2.05, 4.69) is 76.9 Å². The molecule has 0 unspecified atom stereocenters. The van der Waals surface area contributed by atoms with Gasteiger partial charge in [-0.05, 0) is 57.7 Å². The van der Waals surface area contributed by atoms with E-state index in [-0.39, 0.29) is 13.0 Å². The Balaban J connectivity index is 1.37. The molecule has 10 heteroatoms. The monoisotopic (exact) mass is 597 g/mol. The number of piperazine rings is 1. The SMILES string of the molecule is C=C(F)C(=O)N1CCN(c2nc(OC[C@@H]3CCCN3C)nc3c2CCCN(c2cccc4ccccc24)C3)C[C@@]1(C)CC#N. The van der Waals surface area contributed by atoms with Crippen LogP contribution in [0.15, 0.2) is 54.9 Å². The summed E-state index contributed by atoms with van der Waals surface area (Å²) in [6.45, 7) is 9.12. The molecule has 4 heterocycles. The molecule has 44 heavy (non-hydrogen) atoms. The van der Waals surface area contributed by atoms with Crippen LogP contribution in [0.3, 0.4) is 0 Å². The number of amides is 1. The molecule has 0 aliphatic carbocycles. The largest absolute Gasteiger partial charge is 0.462 e. The first-order chi connectivity index (χ1) is 21.3. The number of likely N-dealkylation sites (tertiary alicyclic amines) is 1. The molecule has 3 aliphatic rings. The zero-order valence-electron chi connectivity index (χ0n) is 25.6. The number of anilines is 2. The Bertz CT molecular complexity index is 1600. The number of likely N-dealkylation sites (N-methyl/N-ethyl adjacent to an activating group) is 1. The summed E-state index contributed by atoms with van der Waals surface area (Å²) in [6, 6.07) is 17.7. The first-order valence-electron chi connectivity index (χ1n) is 15.5. The molecule has 0 saturated carbocycles. The number of rotatable bonds is 7. The van der Waals surface area contributed by atoms with Crippen molar-refractivity contribution in [3.8, 4) is 12.1 Å². The molecule has 0 bridgehead atoms. The van der Waals surface area contributed by atoms with E-state index in [4.69, 9.17) is 14.7 Å². The Morgan fingerprint density at radius 2 is 1.93 bits per heavy atom. The fraction of sp³-hybridized carbons (Fsp3) is 0.471. The first-order valence-corrected chi connectivity index (χ1v) is 15.5. The molecule has 2 saturated heterocycles. The molecule has 0 spiro atoms. The minimum absolute atomic E-state index is 0.0576. The van der Waals surface area contributed by atoms with Crippen LogP contribution in [0.2, 0.25) is 0 Å². The lowest BCUT2D eigenvalue weighted by Gasteiger charge is -2.48. The van der Waals surface area contributed by atoms with Crippen molar-refractivity contribution in [3.05, 3.63) is 66.1 Å². The minimum Gasteiger partial charge on any atom is -0.462 e. The Morgan fingerprint density at radius 1 is 1.11 bits per heavy atom. The Hall–Kier alpha value is -4.23. The van der Waals surface area contributed by atoms with E-state index in [1.807, 2.05) is 6.92 Å². The van der Waals surface area contributed by atoms with Gasteiger partial charge in [0.1, 0.15) is 12.4 Å². The van der Waals surface area contributed by atoms with E-state index in [9.17, 15) is 14.4 Å². The second-order valence-electron chi connectivity index (χ2n) is 12.5. The van der Waals surface area contributed by atoms with Gasteiger partial charge in [0.05, 0.1) is 30.3 Å². The maximum Gasteiger partial charge on any atom is 0.318 e. The standard InChI is InChI=1S/C34H40FN7O2/c1-24(35)32(43)42-20-19-41(23-34(42,2)15-16-36)31-28-13-8-18-40(30-14-6-10-25-9-4-5-12-27(25)30)21-29(28)37-33(38-31)44-22-26-11-7-17-39(26)3/h4-6,9-10,12,14,26H,1,7-8,11,13,15,17-23H2,2-3H3/t26-,34+/m0/s1. The number of hydrogen-bond donors (Lipinski definition) is 0. The molecule has 0 N–H and O–H groups in total. The number of fused-ring (bicyclic) bond motifs is 2. The summed E-state index contributed by atoms with van der Waals surface area (Å²) >= 11 is 0. The molecule has 0 radical (unpaired) electrons. The molecule has 230 valence electrons. The Morgan fingerprint density at radius 3 is 2.70 bits per heavy atom. The molecule has 2 aromatic carbocycles. The lowest BCUT2D eigenvalue weighted by molar-refractivity contribution is -0.135. The van der Waals surface area contributed by atoms with Crippen LogP contribution in [0.25, 0.3) is 10.8 Å². The third-order valence-electron chi connectivity index (χ3n) is 9.44. The van der Waals surface area contributed by atoms with Crippen molar-refractivity contribution < 1.29 is 13.9 Å². The lowest BCUT2D eigenvalue weighted by atomic mass is 9.92. The van der Waals surface area contributed by atoms with Gasteiger partial charge in [-0.15, -0.1) is 0 Å². The summed E-state index contributed by atoms with van der Waals surface area (Å²) in [6.07, 6.45) is 3.97. The molecule has 2 atom stereocenters. The topological polar surface area (TPSA) is 88.8 Å². The van der Waals surface area contributed by atoms with Crippen molar-refractivity contribution in [2.45, 2.75) is 57.2 Å². The number of aromatic nitrogens is 2. The fourth-order valence-corrected chi connectivity index (χ4v) is 7.03. The van der Waals surface area contributed by atoms with Crippen LogP contribution in [0.4, 0.5) is 15.9 Å². The van der Waals surface area contributed by atoms with E-state index in [1.165, 1.54) is 21.4 Å². The summed E-state index contributed by atoms with van der Waals surface area (Å²) in [7, 11) is 2.12. The summed E-state index contributed by atoms with van der Waals surface area (Å²) in [4.78, 5) is 31.0. The maximum atomic E-state index is 14.0. The molecule has 3 aromatic rings. The summed E-state index contributed by atoms with van der Waals surface area (Å²) in [5.74, 6) is -1.00. The van der Waals surface area contributed by atoms with Gasteiger partial charge in [-0.25, -0.2) is 4.39 Å². The van der Waals surface area contributed by atoms with Crippen molar-refractivity contribution in [3.63, 3.8) is 0 Å². The van der Waals surface area contributed by atoms with Crippen LogP contribution in [0.5, 0.6) is 6.01 Å². The molecular weight excluding hydrogens is 557 g/mol. The Kier molecular flexibility index (Phi) is 8.41. The summed E-state index contributed by atoms with van der Waals surface area (Å²) < 4.78 is 20.3. The Labute approximate surface area is 258 Å². The second kappa shape index (κ2) is 12.4. The van der Waals surface area contributed by atoms with Gasteiger partial charge in [-0.2, -0.15) is 15.2 Å². The van der Waals surface area contributed by atoms with E-state index in [0.29, 0.717) is 38.3 Å². The van der Waals surface area contributed by atoms with Gasteiger partial charge in [-0.1, -0.05) is 43.0 Å². The average Bonchev–Trinajstić information content (AvgIpc) is 3.31. The van der Waals surface area contributed by atoms with Gasteiger partial charge in [0.25, 0.3) is 5.91 Å².